The lowest BCUT2D eigenvalue weighted by atomic mass is 10.1. The maximum Gasteiger partial charge on any atom is 0.234 e. The monoisotopic (exact) mass is 280 g/mol. The van der Waals surface area contributed by atoms with Crippen molar-refractivity contribution in [1.29, 1.82) is 0 Å². The molecule has 1 fully saturated rings. The van der Waals surface area contributed by atoms with Gasteiger partial charge < -0.3 is 10.1 Å². The second kappa shape index (κ2) is 6.81. The zero-order valence-electron chi connectivity index (χ0n) is 11.9. The molecule has 1 saturated heterocycles. The van der Waals surface area contributed by atoms with Crippen LogP contribution < -0.4 is 5.32 Å². The van der Waals surface area contributed by atoms with Gasteiger partial charge in [0, 0.05) is 13.1 Å². The average Bonchev–Trinajstić information content (AvgIpc) is 2.39. The van der Waals surface area contributed by atoms with E-state index >= 15 is 0 Å². The van der Waals surface area contributed by atoms with Crippen LogP contribution in [0.25, 0.3) is 0 Å². The molecule has 0 spiro atoms. The number of ether oxygens (including phenoxy) is 1. The number of carbonyl (C=O) groups is 1. The van der Waals surface area contributed by atoms with E-state index in [4.69, 9.17) is 4.74 Å². The van der Waals surface area contributed by atoms with Crippen molar-refractivity contribution >= 4 is 5.91 Å². The van der Waals surface area contributed by atoms with Crippen LogP contribution in [0, 0.1) is 5.82 Å². The molecular weight excluding hydrogens is 259 g/mol. The Kier molecular flexibility index (Phi) is 5.09. The number of hydrogen-bond donors (Lipinski definition) is 1. The number of benzene rings is 1. The second-order valence-electron chi connectivity index (χ2n) is 5.26. The van der Waals surface area contributed by atoms with Crippen LogP contribution in [0.1, 0.15) is 25.5 Å². The maximum atomic E-state index is 12.9. The Labute approximate surface area is 118 Å². The van der Waals surface area contributed by atoms with Crippen LogP contribution in [0.15, 0.2) is 24.3 Å². The van der Waals surface area contributed by atoms with Crippen LogP contribution in [0.2, 0.25) is 0 Å². The second-order valence-corrected chi connectivity index (χ2v) is 5.26. The first-order valence-electron chi connectivity index (χ1n) is 6.93. The molecule has 20 heavy (non-hydrogen) atoms. The molecule has 1 aromatic carbocycles. The Hall–Kier alpha value is -1.46. The molecule has 2 rings (SSSR count). The molecule has 1 aliphatic heterocycles. The molecule has 1 amide bonds. The molecule has 0 saturated carbocycles. The first-order chi connectivity index (χ1) is 9.54. The van der Waals surface area contributed by atoms with Crippen molar-refractivity contribution in [2.75, 3.05) is 26.2 Å². The molecule has 110 valence electrons. The first-order valence-corrected chi connectivity index (χ1v) is 6.93. The highest BCUT2D eigenvalue weighted by Crippen LogP contribution is 2.13. The van der Waals surface area contributed by atoms with Crippen molar-refractivity contribution in [3.05, 3.63) is 35.6 Å². The molecule has 1 N–H and O–H groups in total. The minimum absolute atomic E-state index is 0.0177. The van der Waals surface area contributed by atoms with E-state index in [0.717, 1.165) is 18.7 Å². The van der Waals surface area contributed by atoms with Gasteiger partial charge in [-0.2, -0.15) is 0 Å². The molecule has 1 aromatic rings. The molecule has 0 aromatic heterocycles. The van der Waals surface area contributed by atoms with E-state index in [1.165, 1.54) is 12.1 Å². The highest BCUT2D eigenvalue weighted by Gasteiger charge is 2.19. The summed E-state index contributed by atoms with van der Waals surface area (Å²) < 4.78 is 18.3. The number of nitrogens with zero attached hydrogens (tertiary/aromatic N) is 1. The van der Waals surface area contributed by atoms with Crippen LogP contribution in [0.3, 0.4) is 0 Å². The molecular formula is C15H21FN2O2. The van der Waals surface area contributed by atoms with E-state index in [-0.39, 0.29) is 23.9 Å². The summed E-state index contributed by atoms with van der Waals surface area (Å²) in [5.74, 6) is -0.287. The smallest absolute Gasteiger partial charge is 0.234 e. The average molecular weight is 280 g/mol. The van der Waals surface area contributed by atoms with E-state index < -0.39 is 0 Å². The van der Waals surface area contributed by atoms with Crippen LogP contribution >= 0.6 is 0 Å². The number of hydrogen-bond acceptors (Lipinski definition) is 3. The SMILES string of the molecule is C[C@@H]1CN(CC(=O)N[C@@H](C)c2ccc(F)cc2)CCO1. The van der Waals surface area contributed by atoms with Crippen LogP contribution in [-0.2, 0) is 9.53 Å². The summed E-state index contributed by atoms with van der Waals surface area (Å²) in [6.07, 6.45) is 0.172. The number of morpholine rings is 1. The fourth-order valence-electron chi connectivity index (χ4n) is 2.36. The highest BCUT2D eigenvalue weighted by molar-refractivity contribution is 5.78. The summed E-state index contributed by atoms with van der Waals surface area (Å²) in [5, 5.41) is 2.93. The standard InChI is InChI=1S/C15H21FN2O2/c1-11-9-18(7-8-20-11)10-15(19)17-12(2)13-3-5-14(16)6-4-13/h3-6,11-12H,7-10H2,1-2H3,(H,17,19)/t11-,12+/m1/s1. The van der Waals surface area contributed by atoms with Gasteiger partial charge in [-0.3, -0.25) is 9.69 Å². The maximum absolute atomic E-state index is 12.9. The van der Waals surface area contributed by atoms with Gasteiger partial charge in [0.25, 0.3) is 0 Å². The van der Waals surface area contributed by atoms with Crippen LogP contribution in [-0.4, -0.2) is 43.2 Å². The molecule has 4 nitrogen and oxygen atoms in total. The van der Waals surface area contributed by atoms with Crippen molar-refractivity contribution < 1.29 is 13.9 Å². The van der Waals surface area contributed by atoms with E-state index in [0.29, 0.717) is 13.2 Å². The third-order valence-corrected chi connectivity index (χ3v) is 3.44. The quantitative estimate of drug-likeness (QED) is 0.913. The minimum atomic E-state index is -0.269. The van der Waals surface area contributed by atoms with Crippen molar-refractivity contribution in [3.8, 4) is 0 Å². The number of halogens is 1. The van der Waals surface area contributed by atoms with E-state index in [2.05, 4.69) is 10.2 Å². The van der Waals surface area contributed by atoms with Gasteiger partial charge in [-0.25, -0.2) is 4.39 Å². The molecule has 0 radical (unpaired) electrons. The number of rotatable bonds is 4. The fourth-order valence-corrected chi connectivity index (χ4v) is 2.36. The van der Waals surface area contributed by atoms with Gasteiger partial charge in [-0.15, -0.1) is 0 Å². The van der Waals surface area contributed by atoms with Gasteiger partial charge >= 0.3 is 0 Å². The third-order valence-electron chi connectivity index (χ3n) is 3.44. The lowest BCUT2D eigenvalue weighted by molar-refractivity contribution is -0.124. The molecule has 0 unspecified atom stereocenters. The Morgan fingerprint density at radius 2 is 2.20 bits per heavy atom. The molecule has 1 heterocycles. The van der Waals surface area contributed by atoms with E-state index in [1.807, 2.05) is 13.8 Å². The molecule has 0 bridgehead atoms. The number of amides is 1. The van der Waals surface area contributed by atoms with Crippen LogP contribution in [0.5, 0.6) is 0 Å². The summed E-state index contributed by atoms with van der Waals surface area (Å²) in [4.78, 5) is 14.1. The zero-order valence-corrected chi connectivity index (χ0v) is 11.9. The van der Waals surface area contributed by atoms with Crippen molar-refractivity contribution in [1.82, 2.24) is 10.2 Å². The third kappa shape index (κ3) is 4.28. The predicted octanol–water partition coefficient (Wildman–Crippen LogP) is 1.72. The van der Waals surface area contributed by atoms with E-state index in [9.17, 15) is 9.18 Å². The number of nitrogens with one attached hydrogen (secondary N) is 1. The van der Waals surface area contributed by atoms with Gasteiger partial charge in [0.1, 0.15) is 5.82 Å². The lowest BCUT2D eigenvalue weighted by Crippen LogP contribution is -2.46. The minimum Gasteiger partial charge on any atom is -0.376 e. The van der Waals surface area contributed by atoms with Gasteiger partial charge in [-0.1, -0.05) is 12.1 Å². The van der Waals surface area contributed by atoms with Crippen molar-refractivity contribution in [2.24, 2.45) is 0 Å². The Balaban J connectivity index is 1.83. The topological polar surface area (TPSA) is 41.6 Å². The largest absolute Gasteiger partial charge is 0.376 e. The molecule has 2 atom stereocenters. The Bertz CT molecular complexity index is 450. The molecule has 0 aliphatic carbocycles. The zero-order chi connectivity index (χ0) is 14.5. The fraction of sp³-hybridized carbons (Fsp3) is 0.533. The summed E-state index contributed by atoms with van der Waals surface area (Å²) in [5.41, 5.74) is 0.898. The first kappa shape index (κ1) is 14.9. The summed E-state index contributed by atoms with van der Waals surface area (Å²) in [7, 11) is 0. The lowest BCUT2D eigenvalue weighted by Gasteiger charge is -2.30. The highest BCUT2D eigenvalue weighted by atomic mass is 19.1. The van der Waals surface area contributed by atoms with Crippen molar-refractivity contribution in [2.45, 2.75) is 26.0 Å². The Morgan fingerprint density at radius 1 is 1.50 bits per heavy atom. The summed E-state index contributed by atoms with van der Waals surface area (Å²) >= 11 is 0. The predicted molar refractivity (Wildman–Crippen MR) is 74.8 cm³/mol. The van der Waals surface area contributed by atoms with Gasteiger partial charge in [0.15, 0.2) is 0 Å². The molecule has 5 heteroatoms. The van der Waals surface area contributed by atoms with Crippen molar-refractivity contribution in [3.63, 3.8) is 0 Å². The van der Waals surface area contributed by atoms with Gasteiger partial charge in [0.05, 0.1) is 25.3 Å². The van der Waals surface area contributed by atoms with Gasteiger partial charge in [-0.05, 0) is 31.5 Å². The summed E-state index contributed by atoms with van der Waals surface area (Å²) in [6, 6.07) is 6.07. The van der Waals surface area contributed by atoms with Gasteiger partial charge in [0.2, 0.25) is 5.91 Å². The van der Waals surface area contributed by atoms with Crippen LogP contribution in [0.4, 0.5) is 4.39 Å². The van der Waals surface area contributed by atoms with E-state index in [1.54, 1.807) is 12.1 Å². The Morgan fingerprint density at radius 3 is 2.85 bits per heavy atom. The normalized spacial score (nSPS) is 21.4. The number of carbonyl (C=O) groups excluding carboxylic acids is 1. The summed E-state index contributed by atoms with van der Waals surface area (Å²) in [6.45, 7) is 6.50. The molecule has 1 aliphatic rings.